The van der Waals surface area contributed by atoms with Crippen molar-refractivity contribution in [2.75, 3.05) is 0 Å². The van der Waals surface area contributed by atoms with Crippen LogP contribution in [0.3, 0.4) is 0 Å². The third kappa shape index (κ3) is 2.18. The standard InChI is InChI=1S/C13H8ClN/c1-2-10-6-7-15-13(8-10)11-4-3-5-12(14)9-11/h1,3-9H. The van der Waals surface area contributed by atoms with Crippen molar-refractivity contribution in [2.45, 2.75) is 0 Å². The first-order valence-corrected chi connectivity index (χ1v) is 4.86. The number of benzene rings is 1. The predicted molar refractivity (Wildman–Crippen MR) is 62.6 cm³/mol. The van der Waals surface area contributed by atoms with Gasteiger partial charge in [0.1, 0.15) is 0 Å². The lowest BCUT2D eigenvalue weighted by Crippen LogP contribution is -1.84. The molecule has 2 heteroatoms. The molecule has 1 nitrogen and oxygen atoms in total. The zero-order valence-electron chi connectivity index (χ0n) is 7.94. The second kappa shape index (κ2) is 4.16. The molecule has 15 heavy (non-hydrogen) atoms. The Morgan fingerprint density at radius 2 is 2.07 bits per heavy atom. The summed E-state index contributed by atoms with van der Waals surface area (Å²) in [6.45, 7) is 0. The summed E-state index contributed by atoms with van der Waals surface area (Å²) in [6, 6.07) is 11.2. The third-order valence-corrected chi connectivity index (χ3v) is 2.28. The lowest BCUT2D eigenvalue weighted by Gasteiger charge is -2.01. The normalized spacial score (nSPS) is 9.60. The summed E-state index contributed by atoms with van der Waals surface area (Å²) < 4.78 is 0. The molecule has 0 atom stereocenters. The minimum atomic E-state index is 0.695. The van der Waals surface area contributed by atoms with E-state index in [1.807, 2.05) is 30.3 Å². The van der Waals surface area contributed by atoms with E-state index < -0.39 is 0 Å². The van der Waals surface area contributed by atoms with Gasteiger partial charge in [0.25, 0.3) is 0 Å². The van der Waals surface area contributed by atoms with Crippen molar-refractivity contribution < 1.29 is 0 Å². The van der Waals surface area contributed by atoms with E-state index in [1.54, 1.807) is 12.3 Å². The van der Waals surface area contributed by atoms with Gasteiger partial charge in [-0.2, -0.15) is 0 Å². The molecule has 1 heterocycles. The summed E-state index contributed by atoms with van der Waals surface area (Å²) in [5, 5.41) is 0.695. The van der Waals surface area contributed by atoms with E-state index in [0.717, 1.165) is 16.8 Å². The molecule has 0 aliphatic carbocycles. The molecule has 0 N–H and O–H groups in total. The fourth-order valence-electron chi connectivity index (χ4n) is 1.33. The summed E-state index contributed by atoms with van der Waals surface area (Å²) in [4.78, 5) is 4.24. The molecule has 2 rings (SSSR count). The summed E-state index contributed by atoms with van der Waals surface area (Å²) in [6.07, 6.45) is 7.02. The zero-order valence-corrected chi connectivity index (χ0v) is 8.70. The fraction of sp³-hybridized carbons (Fsp3) is 0. The van der Waals surface area contributed by atoms with Crippen molar-refractivity contribution in [2.24, 2.45) is 0 Å². The van der Waals surface area contributed by atoms with Crippen LogP contribution in [0.4, 0.5) is 0 Å². The topological polar surface area (TPSA) is 12.9 Å². The van der Waals surface area contributed by atoms with Crippen molar-refractivity contribution in [1.29, 1.82) is 0 Å². The van der Waals surface area contributed by atoms with E-state index in [0.29, 0.717) is 5.02 Å². The summed E-state index contributed by atoms with van der Waals surface area (Å²) in [5.41, 5.74) is 2.63. The van der Waals surface area contributed by atoms with Crippen LogP contribution in [0.25, 0.3) is 11.3 Å². The van der Waals surface area contributed by atoms with Gasteiger partial charge in [0.15, 0.2) is 0 Å². The van der Waals surface area contributed by atoms with E-state index in [1.165, 1.54) is 0 Å². The molecule has 0 radical (unpaired) electrons. The molecule has 0 unspecified atom stereocenters. The average Bonchev–Trinajstić information content (AvgIpc) is 2.29. The Morgan fingerprint density at radius 1 is 1.20 bits per heavy atom. The minimum absolute atomic E-state index is 0.695. The van der Waals surface area contributed by atoms with Crippen LogP contribution in [0.1, 0.15) is 5.56 Å². The molecule has 0 aliphatic rings. The quantitative estimate of drug-likeness (QED) is 0.662. The molecule has 72 valence electrons. The first-order valence-electron chi connectivity index (χ1n) is 4.48. The van der Waals surface area contributed by atoms with Crippen LogP contribution < -0.4 is 0 Å². The molecule has 2 aromatic rings. The number of rotatable bonds is 1. The van der Waals surface area contributed by atoms with Gasteiger partial charge >= 0.3 is 0 Å². The Balaban J connectivity index is 2.50. The smallest absolute Gasteiger partial charge is 0.0714 e. The SMILES string of the molecule is C#Cc1ccnc(-c2cccc(Cl)c2)c1. The maximum Gasteiger partial charge on any atom is 0.0714 e. The van der Waals surface area contributed by atoms with Gasteiger partial charge in [-0.3, -0.25) is 4.98 Å². The van der Waals surface area contributed by atoms with E-state index >= 15 is 0 Å². The van der Waals surface area contributed by atoms with Crippen LogP contribution >= 0.6 is 11.6 Å². The van der Waals surface area contributed by atoms with Gasteiger partial charge in [-0.15, -0.1) is 6.42 Å². The van der Waals surface area contributed by atoms with E-state index in [2.05, 4.69) is 10.9 Å². The number of hydrogen-bond donors (Lipinski definition) is 0. The molecule has 0 saturated carbocycles. The average molecular weight is 214 g/mol. The van der Waals surface area contributed by atoms with Crippen LogP contribution in [0.15, 0.2) is 42.6 Å². The molecular weight excluding hydrogens is 206 g/mol. The van der Waals surface area contributed by atoms with Crippen molar-refractivity contribution in [1.82, 2.24) is 4.98 Å². The van der Waals surface area contributed by atoms with Crippen LogP contribution in [-0.4, -0.2) is 4.98 Å². The van der Waals surface area contributed by atoms with E-state index in [9.17, 15) is 0 Å². The first kappa shape index (κ1) is 9.76. The van der Waals surface area contributed by atoms with Crippen LogP contribution in [0.2, 0.25) is 5.02 Å². The summed E-state index contributed by atoms with van der Waals surface area (Å²) in [7, 11) is 0. The Kier molecular flexibility index (Phi) is 2.71. The number of pyridine rings is 1. The third-order valence-electron chi connectivity index (χ3n) is 2.05. The highest BCUT2D eigenvalue weighted by atomic mass is 35.5. The molecule has 1 aromatic heterocycles. The molecule has 0 spiro atoms. The molecule has 1 aromatic carbocycles. The number of nitrogens with zero attached hydrogens (tertiary/aromatic N) is 1. The Bertz CT molecular complexity index is 526. The highest BCUT2D eigenvalue weighted by molar-refractivity contribution is 6.30. The Morgan fingerprint density at radius 3 is 2.80 bits per heavy atom. The maximum absolute atomic E-state index is 5.90. The second-order valence-electron chi connectivity index (χ2n) is 3.08. The van der Waals surface area contributed by atoms with E-state index in [-0.39, 0.29) is 0 Å². The first-order chi connectivity index (χ1) is 7.29. The molecule has 0 bridgehead atoms. The second-order valence-corrected chi connectivity index (χ2v) is 3.52. The van der Waals surface area contributed by atoms with Gasteiger partial charge in [-0.25, -0.2) is 0 Å². The van der Waals surface area contributed by atoms with E-state index in [4.69, 9.17) is 18.0 Å². The van der Waals surface area contributed by atoms with Crippen LogP contribution in [0.5, 0.6) is 0 Å². The minimum Gasteiger partial charge on any atom is -0.256 e. The van der Waals surface area contributed by atoms with Crippen LogP contribution in [0, 0.1) is 12.3 Å². The predicted octanol–water partition coefficient (Wildman–Crippen LogP) is 3.38. The molecular formula is C13H8ClN. The number of halogens is 1. The van der Waals surface area contributed by atoms with Crippen molar-refractivity contribution in [3.63, 3.8) is 0 Å². The maximum atomic E-state index is 5.90. The number of terminal acetylenes is 1. The van der Waals surface area contributed by atoms with Crippen LogP contribution in [-0.2, 0) is 0 Å². The summed E-state index contributed by atoms with van der Waals surface area (Å²) >= 11 is 5.90. The molecule has 0 aliphatic heterocycles. The van der Waals surface area contributed by atoms with Gasteiger partial charge in [0, 0.05) is 22.3 Å². The molecule has 0 saturated heterocycles. The Hall–Kier alpha value is -1.78. The van der Waals surface area contributed by atoms with Gasteiger partial charge < -0.3 is 0 Å². The zero-order chi connectivity index (χ0) is 10.7. The highest BCUT2D eigenvalue weighted by Crippen LogP contribution is 2.21. The molecule has 0 fully saturated rings. The van der Waals surface area contributed by atoms with Crippen molar-refractivity contribution in [3.05, 3.63) is 53.2 Å². The number of hydrogen-bond acceptors (Lipinski definition) is 1. The monoisotopic (exact) mass is 213 g/mol. The number of aromatic nitrogens is 1. The van der Waals surface area contributed by atoms with Gasteiger partial charge in [0.05, 0.1) is 5.69 Å². The Labute approximate surface area is 93.7 Å². The van der Waals surface area contributed by atoms with Gasteiger partial charge in [-0.1, -0.05) is 29.7 Å². The highest BCUT2D eigenvalue weighted by Gasteiger charge is 2.00. The molecule has 0 amide bonds. The van der Waals surface area contributed by atoms with Gasteiger partial charge in [0.2, 0.25) is 0 Å². The van der Waals surface area contributed by atoms with Gasteiger partial charge in [-0.05, 0) is 24.3 Å². The van der Waals surface area contributed by atoms with Crippen molar-refractivity contribution in [3.8, 4) is 23.6 Å². The lowest BCUT2D eigenvalue weighted by atomic mass is 10.1. The lowest BCUT2D eigenvalue weighted by molar-refractivity contribution is 1.32. The van der Waals surface area contributed by atoms with Crippen molar-refractivity contribution >= 4 is 11.6 Å². The largest absolute Gasteiger partial charge is 0.256 e. The summed E-state index contributed by atoms with van der Waals surface area (Å²) in [5.74, 6) is 2.58. The fourth-order valence-corrected chi connectivity index (χ4v) is 1.52.